The van der Waals surface area contributed by atoms with Crippen molar-refractivity contribution in [3.8, 4) is 0 Å². The summed E-state index contributed by atoms with van der Waals surface area (Å²) in [5.74, 6) is -0.0992. The van der Waals surface area contributed by atoms with E-state index in [0.717, 1.165) is 6.07 Å². The number of alkyl halides is 3. The van der Waals surface area contributed by atoms with E-state index in [9.17, 15) is 21.6 Å². The van der Waals surface area contributed by atoms with Crippen LogP contribution in [0.25, 0.3) is 0 Å². The highest BCUT2D eigenvalue weighted by Crippen LogP contribution is 2.33. The van der Waals surface area contributed by atoms with Gasteiger partial charge in [-0.25, -0.2) is 13.4 Å². The van der Waals surface area contributed by atoms with E-state index in [1.165, 1.54) is 18.3 Å². The van der Waals surface area contributed by atoms with Crippen molar-refractivity contribution in [2.75, 3.05) is 4.72 Å². The van der Waals surface area contributed by atoms with Gasteiger partial charge < -0.3 is 0 Å². The topological polar surface area (TPSA) is 59.1 Å². The summed E-state index contributed by atoms with van der Waals surface area (Å²) in [6.07, 6.45) is -3.50. The Balaban J connectivity index is 2.43. The third-order valence-electron chi connectivity index (χ3n) is 2.51. The Labute approximate surface area is 133 Å². The van der Waals surface area contributed by atoms with Crippen LogP contribution in [0.4, 0.5) is 19.0 Å². The second kappa shape index (κ2) is 5.94. The van der Waals surface area contributed by atoms with Gasteiger partial charge in [0.2, 0.25) is 0 Å². The second-order valence-electron chi connectivity index (χ2n) is 4.11. The molecule has 0 bridgehead atoms. The van der Waals surface area contributed by atoms with Gasteiger partial charge in [-0.1, -0.05) is 23.2 Å². The van der Waals surface area contributed by atoms with Crippen molar-refractivity contribution in [3.05, 3.63) is 52.1 Å². The lowest BCUT2D eigenvalue weighted by molar-refractivity contribution is -0.137. The van der Waals surface area contributed by atoms with Crippen LogP contribution in [-0.2, 0) is 16.2 Å². The standard InChI is InChI=1S/C12H7Cl2F3N2O2S/c13-8-2-4-11(18-6-8)19-22(20,21)10-5-7(12(15,16)17)1-3-9(10)14/h1-6H,(H,18,19). The molecule has 0 spiro atoms. The molecule has 1 N–H and O–H groups in total. The summed E-state index contributed by atoms with van der Waals surface area (Å²) in [5, 5.41) is -0.0606. The molecular weight excluding hydrogens is 364 g/mol. The first kappa shape index (κ1) is 16.9. The van der Waals surface area contributed by atoms with Gasteiger partial charge in [0, 0.05) is 6.20 Å². The van der Waals surface area contributed by atoms with Crippen molar-refractivity contribution in [1.29, 1.82) is 0 Å². The van der Waals surface area contributed by atoms with E-state index in [0.29, 0.717) is 12.1 Å². The summed E-state index contributed by atoms with van der Waals surface area (Å²) in [6, 6.07) is 4.66. The summed E-state index contributed by atoms with van der Waals surface area (Å²) < 4.78 is 64.4. The third kappa shape index (κ3) is 3.82. The van der Waals surface area contributed by atoms with Crippen LogP contribution in [0.5, 0.6) is 0 Å². The minimum absolute atomic E-state index is 0.0992. The molecule has 22 heavy (non-hydrogen) atoms. The van der Waals surface area contributed by atoms with Crippen LogP contribution in [0.2, 0.25) is 10.0 Å². The molecule has 0 unspecified atom stereocenters. The molecule has 10 heteroatoms. The highest BCUT2D eigenvalue weighted by Gasteiger charge is 2.32. The molecule has 0 aliphatic carbocycles. The lowest BCUT2D eigenvalue weighted by atomic mass is 10.2. The normalized spacial score (nSPS) is 12.2. The smallest absolute Gasteiger partial charge is 0.263 e. The summed E-state index contributed by atoms with van der Waals surface area (Å²) in [5.41, 5.74) is -1.12. The summed E-state index contributed by atoms with van der Waals surface area (Å²) in [4.78, 5) is 3.01. The molecule has 0 aliphatic rings. The van der Waals surface area contributed by atoms with E-state index in [-0.39, 0.29) is 15.9 Å². The molecule has 118 valence electrons. The van der Waals surface area contributed by atoms with Gasteiger partial charge in [-0.05, 0) is 30.3 Å². The number of aromatic nitrogens is 1. The van der Waals surface area contributed by atoms with Crippen molar-refractivity contribution < 1.29 is 21.6 Å². The Hall–Kier alpha value is -1.51. The molecule has 0 saturated carbocycles. The van der Waals surface area contributed by atoms with Gasteiger partial charge >= 0.3 is 6.18 Å². The summed E-state index contributed by atoms with van der Waals surface area (Å²) >= 11 is 11.3. The van der Waals surface area contributed by atoms with Gasteiger partial charge in [-0.15, -0.1) is 0 Å². The number of rotatable bonds is 3. The first-order chi connectivity index (χ1) is 10.1. The van der Waals surface area contributed by atoms with Gasteiger partial charge in [-0.2, -0.15) is 13.2 Å². The highest BCUT2D eigenvalue weighted by molar-refractivity contribution is 7.92. The predicted octanol–water partition coefficient (Wildman–Crippen LogP) is 4.21. The number of pyridine rings is 1. The molecular formula is C12H7Cl2F3N2O2S. The maximum atomic E-state index is 12.7. The van der Waals surface area contributed by atoms with Crippen LogP contribution in [0.3, 0.4) is 0 Å². The largest absolute Gasteiger partial charge is 0.416 e. The SMILES string of the molecule is O=S(=O)(Nc1ccc(Cl)cn1)c1cc(C(F)(F)F)ccc1Cl. The van der Waals surface area contributed by atoms with Gasteiger partial charge in [0.15, 0.2) is 0 Å². The van der Waals surface area contributed by atoms with Crippen molar-refractivity contribution in [3.63, 3.8) is 0 Å². The van der Waals surface area contributed by atoms with E-state index in [1.807, 2.05) is 4.72 Å². The summed E-state index contributed by atoms with van der Waals surface area (Å²) in [6.45, 7) is 0. The molecule has 0 radical (unpaired) electrons. The number of anilines is 1. The number of sulfonamides is 1. The molecule has 1 aromatic carbocycles. The predicted molar refractivity (Wildman–Crippen MR) is 76.5 cm³/mol. The number of hydrogen-bond acceptors (Lipinski definition) is 3. The average Bonchev–Trinajstić information content (AvgIpc) is 2.40. The van der Waals surface area contributed by atoms with Crippen LogP contribution >= 0.6 is 23.2 Å². The molecule has 0 saturated heterocycles. The van der Waals surface area contributed by atoms with Crippen LogP contribution < -0.4 is 4.72 Å². The summed E-state index contributed by atoms with van der Waals surface area (Å²) in [7, 11) is -4.33. The Morgan fingerprint density at radius 3 is 2.32 bits per heavy atom. The molecule has 0 fully saturated rings. The fraction of sp³-hybridized carbons (Fsp3) is 0.0833. The van der Waals surface area contributed by atoms with Crippen LogP contribution in [0, 0.1) is 0 Å². The zero-order valence-electron chi connectivity index (χ0n) is 10.5. The molecule has 0 aliphatic heterocycles. The fourth-order valence-corrected chi connectivity index (χ4v) is 3.16. The molecule has 2 rings (SSSR count). The maximum absolute atomic E-state index is 12.7. The number of benzene rings is 1. The van der Waals surface area contributed by atoms with Gasteiger partial charge in [0.25, 0.3) is 10.0 Å². The first-order valence-electron chi connectivity index (χ1n) is 5.61. The van der Waals surface area contributed by atoms with Gasteiger partial charge in [0.1, 0.15) is 10.7 Å². The van der Waals surface area contributed by atoms with Crippen LogP contribution in [-0.4, -0.2) is 13.4 Å². The van der Waals surface area contributed by atoms with Crippen LogP contribution in [0.15, 0.2) is 41.4 Å². The molecule has 0 amide bonds. The number of halogens is 5. The zero-order chi connectivity index (χ0) is 16.5. The Bertz CT molecular complexity index is 793. The molecule has 4 nitrogen and oxygen atoms in total. The Kier molecular flexibility index (Phi) is 4.55. The van der Waals surface area contributed by atoms with E-state index in [4.69, 9.17) is 23.2 Å². The van der Waals surface area contributed by atoms with Crippen molar-refractivity contribution in [1.82, 2.24) is 4.98 Å². The van der Waals surface area contributed by atoms with Gasteiger partial charge in [-0.3, -0.25) is 4.72 Å². The molecule has 1 heterocycles. The number of nitrogens with zero attached hydrogens (tertiary/aromatic N) is 1. The third-order valence-corrected chi connectivity index (χ3v) is 4.57. The van der Waals surface area contributed by atoms with Gasteiger partial charge in [0.05, 0.1) is 15.6 Å². The Morgan fingerprint density at radius 1 is 1.09 bits per heavy atom. The van der Waals surface area contributed by atoms with E-state index in [2.05, 4.69) is 4.98 Å². The first-order valence-corrected chi connectivity index (χ1v) is 7.84. The average molecular weight is 371 g/mol. The highest BCUT2D eigenvalue weighted by atomic mass is 35.5. The van der Waals surface area contributed by atoms with E-state index in [1.54, 1.807) is 0 Å². The number of hydrogen-bond donors (Lipinski definition) is 1. The number of nitrogens with one attached hydrogen (secondary N) is 1. The molecule has 0 atom stereocenters. The fourth-order valence-electron chi connectivity index (χ4n) is 1.51. The van der Waals surface area contributed by atoms with Crippen LogP contribution in [0.1, 0.15) is 5.56 Å². The van der Waals surface area contributed by atoms with Crippen molar-refractivity contribution in [2.45, 2.75) is 11.1 Å². The lowest BCUT2D eigenvalue weighted by Gasteiger charge is -2.12. The maximum Gasteiger partial charge on any atom is 0.416 e. The minimum Gasteiger partial charge on any atom is -0.263 e. The zero-order valence-corrected chi connectivity index (χ0v) is 12.9. The molecule has 2 aromatic rings. The van der Waals surface area contributed by atoms with Crippen molar-refractivity contribution in [2.24, 2.45) is 0 Å². The second-order valence-corrected chi connectivity index (χ2v) is 6.60. The van der Waals surface area contributed by atoms with E-state index >= 15 is 0 Å². The quantitative estimate of drug-likeness (QED) is 0.880. The monoisotopic (exact) mass is 370 g/mol. The van der Waals surface area contributed by atoms with Crippen molar-refractivity contribution >= 4 is 39.0 Å². The Morgan fingerprint density at radius 2 is 1.77 bits per heavy atom. The van der Waals surface area contributed by atoms with E-state index < -0.39 is 26.7 Å². The minimum atomic E-state index is -4.69. The lowest BCUT2D eigenvalue weighted by Crippen LogP contribution is -2.16. The molecule has 1 aromatic heterocycles.